The maximum Gasteiger partial charge on any atom is 0.202 e. The molecule has 6 rings (SSSR count). The summed E-state index contributed by atoms with van der Waals surface area (Å²) in [6.45, 7) is 3.32. The van der Waals surface area contributed by atoms with Gasteiger partial charge in [0.2, 0.25) is 5.78 Å². The van der Waals surface area contributed by atoms with E-state index in [0.29, 0.717) is 22.3 Å². The topological polar surface area (TPSA) is 138 Å². The van der Waals surface area contributed by atoms with Crippen LogP contribution in [0.4, 0.5) is 0 Å². The fourth-order valence-corrected chi connectivity index (χ4v) is 6.75. The van der Waals surface area contributed by atoms with Crippen LogP contribution in [-0.4, -0.2) is 68.7 Å². The van der Waals surface area contributed by atoms with E-state index < -0.39 is 23.0 Å². The molecule has 2 N–H and O–H groups in total. The summed E-state index contributed by atoms with van der Waals surface area (Å²) in [4.78, 5) is 42.7. The highest BCUT2D eigenvalue weighted by molar-refractivity contribution is 6.33. The summed E-state index contributed by atoms with van der Waals surface area (Å²) < 4.78 is 28.3. The predicted molar refractivity (Wildman–Crippen MR) is 165 cm³/mol. The van der Waals surface area contributed by atoms with Crippen LogP contribution in [0.25, 0.3) is 21.9 Å². The van der Waals surface area contributed by atoms with E-state index in [-0.39, 0.29) is 85.9 Å². The maximum absolute atomic E-state index is 14.7. The average Bonchev–Trinajstić information content (AvgIpc) is 3.00. The first-order chi connectivity index (χ1) is 21.4. The number of phenolic OH excluding ortho intramolecular Hbond substituents is 1. The van der Waals surface area contributed by atoms with Crippen molar-refractivity contribution in [2.45, 2.75) is 32.3 Å². The van der Waals surface area contributed by atoms with Crippen molar-refractivity contribution in [1.82, 2.24) is 0 Å². The lowest BCUT2D eigenvalue weighted by molar-refractivity contribution is 0.0410. The van der Waals surface area contributed by atoms with Gasteiger partial charge in [-0.15, -0.1) is 0 Å². The van der Waals surface area contributed by atoms with Crippen LogP contribution >= 0.6 is 0 Å². The minimum absolute atomic E-state index is 0.00770. The van der Waals surface area contributed by atoms with Gasteiger partial charge in [0.25, 0.3) is 0 Å². The second-order valence-corrected chi connectivity index (χ2v) is 11.6. The molecule has 0 heterocycles. The molecule has 1 unspecified atom stereocenters. The first-order valence-electron chi connectivity index (χ1n) is 14.2. The smallest absolute Gasteiger partial charge is 0.202 e. The van der Waals surface area contributed by atoms with Crippen molar-refractivity contribution in [3.63, 3.8) is 0 Å². The van der Waals surface area contributed by atoms with Crippen LogP contribution in [0.3, 0.4) is 0 Å². The fraction of sp³-hybridized carbons (Fsp3) is 0.286. The molecule has 0 aromatic heterocycles. The third kappa shape index (κ3) is 4.31. The van der Waals surface area contributed by atoms with E-state index in [0.717, 1.165) is 0 Å². The molecule has 0 fully saturated rings. The van der Waals surface area contributed by atoms with Gasteiger partial charge in [0, 0.05) is 47.1 Å². The summed E-state index contributed by atoms with van der Waals surface area (Å²) in [5.41, 5.74) is 0.236. The Hall–Kier alpha value is -5.09. The Morgan fingerprint density at radius 2 is 1.27 bits per heavy atom. The Balaban J connectivity index is 1.88. The molecular weight excluding hydrogens is 580 g/mol. The van der Waals surface area contributed by atoms with Crippen molar-refractivity contribution < 1.29 is 48.3 Å². The normalized spacial score (nSPS) is 17.0. The van der Waals surface area contributed by atoms with Gasteiger partial charge in [-0.1, -0.05) is 0 Å². The Kier molecular flexibility index (Phi) is 7.00. The third-order valence-electron chi connectivity index (χ3n) is 8.59. The Morgan fingerprint density at radius 3 is 1.89 bits per heavy atom. The zero-order chi connectivity index (χ0) is 32.5. The van der Waals surface area contributed by atoms with E-state index in [9.17, 15) is 24.6 Å². The van der Waals surface area contributed by atoms with Gasteiger partial charge in [-0.2, -0.15) is 0 Å². The van der Waals surface area contributed by atoms with Crippen LogP contribution in [0.5, 0.6) is 34.5 Å². The number of Topliss-reactive ketones (excluding diaryl/α,β-unsaturated/α-hetero) is 1. The van der Waals surface area contributed by atoms with Crippen LogP contribution in [-0.2, 0) is 6.42 Å². The second kappa shape index (κ2) is 10.5. The standard InChI is InChI=1S/C35H32O10/c1-15-8-18-28(21(9-15)42-4)34(39)30-24(45-7)12-23(44-6)29(31(30)32(18)37)25-17-10-16(41-3)11-22(43-5)27(17)33(38)26-19(25)13-35(2,40)14-20(26)36/h8-12,38,40H,13-14H2,1-7H3. The molecule has 0 amide bonds. The van der Waals surface area contributed by atoms with Crippen LogP contribution in [0, 0.1) is 6.92 Å². The summed E-state index contributed by atoms with van der Waals surface area (Å²) in [6.07, 6.45) is -0.291. The highest BCUT2D eigenvalue weighted by Gasteiger charge is 2.43. The number of fused-ring (bicyclic) bond motifs is 4. The lowest BCUT2D eigenvalue weighted by atomic mass is 9.72. The number of carbonyl (C=O) groups is 3. The molecule has 10 heteroatoms. The molecule has 0 saturated heterocycles. The number of hydrogen-bond acceptors (Lipinski definition) is 10. The Morgan fingerprint density at radius 1 is 0.644 bits per heavy atom. The first kappa shape index (κ1) is 30.0. The number of carbonyl (C=O) groups excluding carboxylic acids is 3. The van der Waals surface area contributed by atoms with Crippen LogP contribution in [0.15, 0.2) is 30.3 Å². The van der Waals surface area contributed by atoms with Crippen molar-refractivity contribution in [3.05, 3.63) is 69.3 Å². The highest BCUT2D eigenvalue weighted by Crippen LogP contribution is 2.54. The summed E-state index contributed by atoms with van der Waals surface area (Å²) in [6, 6.07) is 8.04. The van der Waals surface area contributed by atoms with E-state index in [1.807, 2.05) is 0 Å². The molecular formula is C35H32O10. The zero-order valence-corrected chi connectivity index (χ0v) is 26.0. The van der Waals surface area contributed by atoms with Crippen LogP contribution in [0.2, 0.25) is 0 Å². The van der Waals surface area contributed by atoms with E-state index in [2.05, 4.69) is 0 Å². The van der Waals surface area contributed by atoms with Crippen molar-refractivity contribution >= 4 is 28.1 Å². The van der Waals surface area contributed by atoms with Gasteiger partial charge in [-0.25, -0.2) is 0 Å². The quantitative estimate of drug-likeness (QED) is 0.263. The molecule has 0 spiro atoms. The summed E-state index contributed by atoms with van der Waals surface area (Å²) in [5.74, 6) is -0.700. The molecule has 0 radical (unpaired) electrons. The molecule has 10 nitrogen and oxygen atoms in total. The van der Waals surface area contributed by atoms with Gasteiger partial charge in [-0.05, 0) is 48.7 Å². The number of ketones is 3. The molecule has 0 bridgehead atoms. The second-order valence-electron chi connectivity index (χ2n) is 11.6. The van der Waals surface area contributed by atoms with E-state index >= 15 is 0 Å². The molecule has 4 aromatic rings. The van der Waals surface area contributed by atoms with Gasteiger partial charge in [0.1, 0.15) is 34.5 Å². The van der Waals surface area contributed by atoms with Crippen molar-refractivity contribution in [1.29, 1.82) is 0 Å². The molecule has 2 aliphatic carbocycles. The number of aromatic hydroxyl groups is 1. The molecule has 0 aliphatic heterocycles. The number of methoxy groups -OCH3 is 5. The van der Waals surface area contributed by atoms with Crippen molar-refractivity contribution in [2.75, 3.05) is 35.5 Å². The minimum atomic E-state index is -1.47. The van der Waals surface area contributed by atoms with Crippen LogP contribution in [0.1, 0.15) is 66.7 Å². The highest BCUT2D eigenvalue weighted by atomic mass is 16.5. The van der Waals surface area contributed by atoms with E-state index in [1.165, 1.54) is 48.5 Å². The summed E-state index contributed by atoms with van der Waals surface area (Å²) in [5, 5.41) is 23.4. The molecule has 4 aromatic carbocycles. The fourth-order valence-electron chi connectivity index (χ4n) is 6.75. The molecule has 1 atom stereocenters. The number of aryl methyl sites for hydroxylation is 1. The zero-order valence-electron chi connectivity index (χ0n) is 26.0. The summed E-state index contributed by atoms with van der Waals surface area (Å²) in [7, 11) is 7.12. The van der Waals surface area contributed by atoms with Crippen LogP contribution < -0.4 is 23.7 Å². The largest absolute Gasteiger partial charge is 0.506 e. The van der Waals surface area contributed by atoms with Gasteiger partial charge in [-0.3, -0.25) is 14.4 Å². The number of hydrogen-bond donors (Lipinski definition) is 2. The maximum atomic E-state index is 14.7. The lowest BCUT2D eigenvalue weighted by Gasteiger charge is -2.33. The van der Waals surface area contributed by atoms with E-state index in [1.54, 1.807) is 31.2 Å². The van der Waals surface area contributed by atoms with Gasteiger partial charge in [0.05, 0.1) is 63.2 Å². The first-order valence-corrected chi connectivity index (χ1v) is 14.2. The van der Waals surface area contributed by atoms with E-state index in [4.69, 9.17) is 23.7 Å². The molecule has 2 aliphatic rings. The molecule has 0 saturated carbocycles. The molecule has 45 heavy (non-hydrogen) atoms. The van der Waals surface area contributed by atoms with Crippen molar-refractivity contribution in [3.8, 4) is 45.6 Å². The monoisotopic (exact) mass is 612 g/mol. The SMILES string of the molecule is COc1cc(OC)c2c(O)c3c(c(-c4c(OC)cc(OC)c5c4C(=O)c4cc(C)cc(OC)c4C5=O)c2c1)CC(C)(O)CC3=O. The van der Waals surface area contributed by atoms with Crippen molar-refractivity contribution in [2.24, 2.45) is 0 Å². The number of phenols is 1. The molecule has 232 valence electrons. The minimum Gasteiger partial charge on any atom is -0.506 e. The third-order valence-corrected chi connectivity index (χ3v) is 8.59. The lowest BCUT2D eigenvalue weighted by Crippen LogP contribution is -2.36. The van der Waals surface area contributed by atoms with Gasteiger partial charge >= 0.3 is 0 Å². The van der Waals surface area contributed by atoms with Gasteiger partial charge < -0.3 is 33.9 Å². The number of ether oxygens (including phenoxy) is 5. The number of benzene rings is 4. The average molecular weight is 613 g/mol. The summed E-state index contributed by atoms with van der Waals surface area (Å²) >= 11 is 0. The predicted octanol–water partition coefficient (Wildman–Crippen LogP) is 5.22. The van der Waals surface area contributed by atoms with Gasteiger partial charge in [0.15, 0.2) is 11.6 Å². The number of aliphatic hydroxyl groups is 1. The Bertz CT molecular complexity index is 1990. The Labute approximate surface area is 259 Å². The number of rotatable bonds is 6.